The van der Waals surface area contributed by atoms with Crippen LogP contribution in [0.2, 0.25) is 0 Å². The zero-order chi connectivity index (χ0) is 98.9. The summed E-state index contributed by atoms with van der Waals surface area (Å²) in [6, 6.07) is 0. The summed E-state index contributed by atoms with van der Waals surface area (Å²) in [6.45, 7) is 34.0. The van der Waals surface area contributed by atoms with Crippen molar-refractivity contribution in [3.05, 3.63) is 0 Å². The molecule has 0 aliphatic heterocycles. The Hall–Kier alpha value is -3.62. The van der Waals surface area contributed by atoms with Gasteiger partial charge in [-0.25, -0.2) is 0 Å². The molecular weight excluding hydrogens is 1750 g/mol. The molecule has 0 spiro atoms. The molecule has 16 unspecified atom stereocenters. The van der Waals surface area contributed by atoms with Gasteiger partial charge in [-0.15, -0.1) is 0 Å². The van der Waals surface area contributed by atoms with E-state index in [9.17, 15) is 59.4 Å². The van der Waals surface area contributed by atoms with Gasteiger partial charge in [0.2, 0.25) is 0 Å². The number of carbonyl (C=O) groups excluding carboxylic acids is 6. The fourth-order valence-electron chi connectivity index (χ4n) is 38.1. The third-order valence-electron chi connectivity index (χ3n) is 45.1. The van der Waals surface area contributed by atoms with Crippen LogP contribution < -0.4 is 0 Å². The molecule has 138 heavy (non-hydrogen) atoms. The molecule has 23 heteroatoms. The van der Waals surface area contributed by atoms with Gasteiger partial charge in [0.25, 0.3) is 0 Å². The van der Waals surface area contributed by atoms with Crippen LogP contribution in [0, 0.1) is 175 Å². The molecule has 0 aromatic carbocycles. The Morgan fingerprint density at radius 2 is 0.594 bits per heavy atom. The Bertz CT molecular complexity index is 4340. The van der Waals surface area contributed by atoms with E-state index in [0.29, 0.717) is 155 Å². The molecule has 16 atom stereocenters. The minimum atomic E-state index is -0.837. The first-order valence-corrected chi connectivity index (χ1v) is 56.5. The number of ether oxygens (including phenoxy) is 9. The second kappa shape index (κ2) is 36.1. The molecule has 36 bridgehead atoms. The van der Waals surface area contributed by atoms with Gasteiger partial charge in [-0.05, 0) is 438 Å². The van der Waals surface area contributed by atoms with E-state index < -0.39 is 56.3 Å². The number of hydrogen-bond acceptors (Lipinski definition) is 23. The molecule has 0 aromatic rings. The molecule has 33 aliphatic carbocycles. The van der Waals surface area contributed by atoms with Crippen LogP contribution in [0.5, 0.6) is 0 Å². The monoisotopic (exact) mass is 1930 g/mol. The van der Waals surface area contributed by atoms with Crippen LogP contribution in [0.3, 0.4) is 0 Å². The van der Waals surface area contributed by atoms with E-state index >= 15 is 0 Å². The first-order valence-electron chi connectivity index (χ1n) is 56.5. The molecule has 23 nitrogen and oxygen atoms in total. The van der Waals surface area contributed by atoms with E-state index in [1.807, 2.05) is 96.9 Å². The number of esters is 6. The Labute approximate surface area is 825 Å². The van der Waals surface area contributed by atoms with E-state index in [1.165, 1.54) is 70.6 Å². The van der Waals surface area contributed by atoms with Gasteiger partial charge in [-0.3, -0.25) is 28.8 Å². The summed E-state index contributed by atoms with van der Waals surface area (Å²) >= 11 is 0. The fourth-order valence-corrected chi connectivity index (χ4v) is 38.1. The van der Waals surface area contributed by atoms with Gasteiger partial charge in [0.1, 0.15) is 45.8 Å². The second-order valence-electron chi connectivity index (χ2n) is 56.2. The number of carbonyl (C=O) groups is 6. The molecule has 0 saturated heterocycles. The van der Waals surface area contributed by atoms with Gasteiger partial charge < -0.3 is 83.5 Å². The maximum atomic E-state index is 12.9. The summed E-state index contributed by atoms with van der Waals surface area (Å²) in [5.74, 6) is 13.4. The highest BCUT2D eigenvalue weighted by Gasteiger charge is 2.80. The standard InChI is InChI=1S/2C20H30O3.2C19H32O5.C19H28O3.C18H30O4/c1-4-18(2,3)17(21)23-20-10-12-5-13-15(20)7-11-8-16(20)14(6-12)19(13,22)9-11;1-4-18(2,3)17(21)23-20-8-14-11-5-19(22)6-12(14)16(10-20)13(7-19)15(11)9-20;1-4-17(2,3)16(22)24-19-8-13-5-14(9-19)7-18(6-13,12-19)23-11-15(21)10-20;1-4-17(2,3)16(22)24-19-8-13-5-14(9-19)7-18(6-13,12-19)23-15(10-20)11-21;1-3-10(2)17(20)22-19-9-12-4-13-15(19)6-11-7-16(19)14(5-12)18(13,21)8-11;1-4-16(2,3)15(20)22-18-10-13-7-14(11-18)9-17(8-13,12-18)21-6-5-19/h2*11-16,22H,4-10H2,1-3H3;2*13-15,20-21H,4-12H2,1-3H3;10-16,21H,3-9H2,1-2H3;13-14,19H,4-12H2,1-3H3. The van der Waals surface area contributed by atoms with Gasteiger partial charge in [-0.1, -0.05) is 48.5 Å². The van der Waals surface area contributed by atoms with Crippen LogP contribution in [-0.2, 0) is 71.4 Å². The summed E-state index contributed by atoms with van der Waals surface area (Å²) in [7, 11) is 0. The van der Waals surface area contributed by atoms with Crippen molar-refractivity contribution in [1.29, 1.82) is 0 Å². The topological polar surface area (TPSA) is 347 Å². The molecule has 780 valence electrons. The van der Waals surface area contributed by atoms with Crippen molar-refractivity contribution in [2.75, 3.05) is 39.6 Å². The molecule has 33 fully saturated rings. The lowest BCUT2D eigenvalue weighted by Gasteiger charge is -2.75. The molecule has 33 saturated carbocycles. The summed E-state index contributed by atoms with van der Waals surface area (Å²) in [4.78, 5) is 76.1. The lowest BCUT2D eigenvalue weighted by Crippen LogP contribution is -2.78. The van der Waals surface area contributed by atoms with Crippen LogP contribution in [0.1, 0.15) is 387 Å². The predicted molar refractivity (Wildman–Crippen MR) is 517 cm³/mol. The summed E-state index contributed by atoms with van der Waals surface area (Å²) in [6.07, 6.45) is 41.0. The van der Waals surface area contributed by atoms with Crippen molar-refractivity contribution in [2.45, 2.75) is 467 Å². The molecular formula is C115H182O23. The quantitative estimate of drug-likeness (QED) is 0.0255. The van der Waals surface area contributed by atoms with Gasteiger partial charge in [0.05, 0.1) is 106 Å². The maximum Gasteiger partial charge on any atom is 0.312 e. The Kier molecular flexibility index (Phi) is 26.9. The van der Waals surface area contributed by atoms with Gasteiger partial charge >= 0.3 is 35.8 Å². The van der Waals surface area contributed by atoms with Crippen molar-refractivity contribution >= 4 is 35.8 Å². The minimum Gasteiger partial charge on any atom is -0.459 e. The Balaban J connectivity index is 0.000000106. The molecule has 8 N–H and O–H groups in total. The zero-order valence-corrected chi connectivity index (χ0v) is 87.7. The average Bonchev–Trinajstić information content (AvgIpc) is 0.634. The van der Waals surface area contributed by atoms with Crippen molar-refractivity contribution in [2.24, 2.45) is 175 Å². The molecule has 33 rings (SSSR count). The highest BCUT2D eigenvalue weighted by Crippen LogP contribution is 2.79. The van der Waals surface area contributed by atoms with E-state index in [1.54, 1.807) is 0 Å². The van der Waals surface area contributed by atoms with E-state index in [2.05, 4.69) is 20.8 Å². The highest BCUT2D eigenvalue weighted by molar-refractivity contribution is 5.79. The Morgan fingerprint density at radius 1 is 0.312 bits per heavy atom. The van der Waals surface area contributed by atoms with Crippen LogP contribution in [0.25, 0.3) is 0 Å². The van der Waals surface area contributed by atoms with Crippen molar-refractivity contribution < 1.29 is 112 Å². The molecule has 0 aromatic heterocycles. The average molecular weight is 1930 g/mol. The smallest absolute Gasteiger partial charge is 0.312 e. The first-order chi connectivity index (χ1) is 64.8. The fraction of sp³-hybridized carbons (Fsp3) is 0.948. The van der Waals surface area contributed by atoms with Gasteiger partial charge in [0.15, 0.2) is 0 Å². The Morgan fingerprint density at radius 3 is 0.913 bits per heavy atom. The minimum absolute atomic E-state index is 0.000451. The summed E-state index contributed by atoms with van der Waals surface area (Å²) < 4.78 is 55.8. The predicted octanol–water partition coefficient (Wildman–Crippen LogP) is 18.2. The van der Waals surface area contributed by atoms with E-state index in [-0.39, 0.29) is 125 Å². The van der Waals surface area contributed by atoms with E-state index in [0.717, 1.165) is 193 Å². The zero-order valence-electron chi connectivity index (χ0n) is 87.7. The SMILES string of the molecule is CCC(C)(C)C(=O)OC12CC3C4CC5(O)CC3C(C1)C(C5)C4C2.CCC(C)(C)C(=O)OC12CC3CC(C1)CC(OC(CO)CO)(C3)C2.CCC(C)(C)C(=O)OC12CC3CC(CC(OCC(O)CO)(C3)C1)C2.CCC(C)(C)C(=O)OC12CC3CC(CC(OCCO)(C3)C1)C2.CCC(C)(C)C(=O)OC12CC3CC4C1CC1CC2C(C3)C4(O)C1.CCC(C)C(=O)OC12CC3CC4C1CC1CC2C(C3)C4(O)C1. The third kappa shape index (κ3) is 17.7. The van der Waals surface area contributed by atoms with Crippen LogP contribution in [0.15, 0.2) is 0 Å². The van der Waals surface area contributed by atoms with Crippen LogP contribution >= 0.6 is 0 Å². The number of hydrogen-bond donors (Lipinski definition) is 8. The third-order valence-corrected chi connectivity index (χ3v) is 45.1. The lowest BCUT2D eigenvalue weighted by atomic mass is 9.32. The van der Waals surface area contributed by atoms with Crippen LogP contribution in [0.4, 0.5) is 0 Å². The van der Waals surface area contributed by atoms with E-state index in [4.69, 9.17) is 52.8 Å². The number of aliphatic hydroxyl groups is 8. The number of aliphatic hydroxyl groups excluding tert-OH is 5. The molecule has 0 radical (unpaired) electrons. The second-order valence-corrected chi connectivity index (χ2v) is 56.2. The molecule has 0 amide bonds. The van der Waals surface area contributed by atoms with Gasteiger partial charge in [0, 0.05) is 42.9 Å². The maximum absolute atomic E-state index is 12.9. The van der Waals surface area contributed by atoms with Crippen molar-refractivity contribution in [3.63, 3.8) is 0 Å². The van der Waals surface area contributed by atoms with Crippen molar-refractivity contribution in [3.8, 4) is 0 Å². The summed E-state index contributed by atoms with van der Waals surface area (Å²) in [5.41, 5.74) is -5.81. The van der Waals surface area contributed by atoms with Gasteiger partial charge in [-0.2, -0.15) is 0 Å². The molecule has 33 aliphatic rings. The normalized spacial score (nSPS) is 47.5. The van der Waals surface area contributed by atoms with Crippen LogP contribution in [-0.4, -0.2) is 196 Å². The van der Waals surface area contributed by atoms with Crippen molar-refractivity contribution in [1.82, 2.24) is 0 Å². The summed E-state index contributed by atoms with van der Waals surface area (Å²) in [5, 5.41) is 80.3. The highest BCUT2D eigenvalue weighted by atomic mass is 16.6. The molecule has 0 heterocycles. The largest absolute Gasteiger partial charge is 0.459 e. The lowest BCUT2D eigenvalue weighted by molar-refractivity contribution is -0.345. The first kappa shape index (κ1) is 103. The number of rotatable bonds is 29.